The van der Waals surface area contributed by atoms with E-state index in [0.717, 1.165) is 25.7 Å². The maximum atomic E-state index is 11.6. The zero-order valence-corrected chi connectivity index (χ0v) is 10.7. The molecule has 68 valence electrons. The Hall–Kier alpha value is -0.100. The van der Waals surface area contributed by atoms with E-state index >= 15 is 0 Å². The van der Waals surface area contributed by atoms with Crippen molar-refractivity contribution in [2.24, 2.45) is 0 Å². The predicted octanol–water partition coefficient (Wildman–Crippen LogP) is 2.64. The number of rotatable bonds is 0. The van der Waals surface area contributed by atoms with Crippen LogP contribution in [0.3, 0.4) is 0 Å². The Morgan fingerprint density at radius 3 is 2.92 bits per heavy atom. The summed E-state index contributed by atoms with van der Waals surface area (Å²) in [5.41, 5.74) is 1.98. The quantitative estimate of drug-likeness (QED) is 0.658. The third kappa shape index (κ3) is 1.50. The number of halogens is 2. The van der Waals surface area contributed by atoms with Gasteiger partial charge in [-0.25, -0.2) is 0 Å². The molecule has 1 aromatic rings. The molecule has 1 heterocycles. The minimum absolute atomic E-state index is 0.131. The number of fused-ring (bicyclic) bond motifs is 1. The first kappa shape index (κ1) is 9.45. The van der Waals surface area contributed by atoms with Crippen LogP contribution in [-0.2, 0) is 6.54 Å². The molecule has 13 heavy (non-hydrogen) atoms. The van der Waals surface area contributed by atoms with Crippen molar-refractivity contribution in [1.29, 1.82) is 0 Å². The van der Waals surface area contributed by atoms with Crippen LogP contribution in [0.4, 0.5) is 0 Å². The van der Waals surface area contributed by atoms with Gasteiger partial charge in [-0.1, -0.05) is 15.9 Å². The Morgan fingerprint density at radius 2 is 2.23 bits per heavy atom. The molecule has 0 fully saturated rings. The highest BCUT2D eigenvalue weighted by Gasteiger charge is 2.26. The molecular weight excluding hydrogens is 345 g/mol. The zero-order valence-electron chi connectivity index (χ0n) is 6.97. The van der Waals surface area contributed by atoms with Gasteiger partial charge in [0, 0.05) is 21.6 Å². The minimum Gasteiger partial charge on any atom is -0.337 e. The Labute approximate surface area is 98.6 Å². The molecule has 1 amide bonds. The van der Waals surface area contributed by atoms with Gasteiger partial charge in [0.25, 0.3) is 5.91 Å². The average Bonchev–Trinajstić information content (AvgIpc) is 2.27. The maximum absolute atomic E-state index is 11.6. The molecule has 0 atom stereocenters. The Morgan fingerprint density at radius 1 is 1.54 bits per heavy atom. The van der Waals surface area contributed by atoms with Gasteiger partial charge >= 0.3 is 0 Å². The molecule has 0 aromatic heterocycles. The number of hydrogen-bond donors (Lipinski definition) is 0. The molecule has 0 radical (unpaired) electrons. The van der Waals surface area contributed by atoms with Gasteiger partial charge in [0.15, 0.2) is 0 Å². The first-order valence-corrected chi connectivity index (χ1v) is 5.70. The fraction of sp³-hybridized carbons (Fsp3) is 0.222. The van der Waals surface area contributed by atoms with Crippen molar-refractivity contribution in [2.45, 2.75) is 6.54 Å². The molecule has 2 nitrogen and oxygen atoms in total. The van der Waals surface area contributed by atoms with Crippen LogP contribution in [0.5, 0.6) is 0 Å². The van der Waals surface area contributed by atoms with E-state index in [1.54, 1.807) is 4.90 Å². The van der Waals surface area contributed by atoms with E-state index in [-0.39, 0.29) is 5.91 Å². The molecule has 0 N–H and O–H groups in total. The second kappa shape index (κ2) is 3.24. The van der Waals surface area contributed by atoms with Crippen LogP contribution in [0, 0.1) is 3.57 Å². The molecule has 0 bridgehead atoms. The first-order valence-electron chi connectivity index (χ1n) is 3.83. The van der Waals surface area contributed by atoms with Crippen LogP contribution in [0.15, 0.2) is 16.6 Å². The van der Waals surface area contributed by atoms with Crippen LogP contribution in [0.1, 0.15) is 15.9 Å². The van der Waals surface area contributed by atoms with E-state index in [0.29, 0.717) is 0 Å². The molecule has 2 rings (SSSR count). The summed E-state index contributed by atoms with van der Waals surface area (Å²) in [4.78, 5) is 13.4. The molecule has 0 unspecified atom stereocenters. The second-order valence-corrected chi connectivity index (χ2v) is 5.16. The Bertz CT molecular complexity index is 391. The third-order valence-electron chi connectivity index (χ3n) is 2.10. The van der Waals surface area contributed by atoms with E-state index < -0.39 is 0 Å². The van der Waals surface area contributed by atoms with Crippen molar-refractivity contribution in [3.05, 3.63) is 31.3 Å². The lowest BCUT2D eigenvalue weighted by Gasteiger charge is -2.04. The van der Waals surface area contributed by atoms with Gasteiger partial charge in [-0.3, -0.25) is 4.79 Å². The first-order chi connectivity index (χ1) is 6.09. The van der Waals surface area contributed by atoms with Gasteiger partial charge < -0.3 is 4.90 Å². The van der Waals surface area contributed by atoms with Crippen molar-refractivity contribution in [1.82, 2.24) is 4.90 Å². The number of hydrogen-bond acceptors (Lipinski definition) is 1. The molecule has 1 aliphatic heterocycles. The molecule has 1 aromatic carbocycles. The Kier molecular flexibility index (Phi) is 2.35. The summed E-state index contributed by atoms with van der Waals surface area (Å²) in [5.74, 6) is 0.131. The predicted molar refractivity (Wildman–Crippen MR) is 62.7 cm³/mol. The topological polar surface area (TPSA) is 20.3 Å². The van der Waals surface area contributed by atoms with Crippen molar-refractivity contribution in [3.63, 3.8) is 0 Å². The summed E-state index contributed by atoms with van der Waals surface area (Å²) < 4.78 is 2.06. The fourth-order valence-corrected chi connectivity index (χ4v) is 3.36. The van der Waals surface area contributed by atoms with Crippen LogP contribution in [-0.4, -0.2) is 17.9 Å². The zero-order chi connectivity index (χ0) is 9.59. The number of amides is 1. The lowest BCUT2D eigenvalue weighted by Crippen LogP contribution is -2.18. The van der Waals surface area contributed by atoms with E-state index in [2.05, 4.69) is 38.5 Å². The normalized spacial score (nSPS) is 15.0. The van der Waals surface area contributed by atoms with Gasteiger partial charge in [-0.15, -0.1) is 0 Å². The van der Waals surface area contributed by atoms with Gasteiger partial charge in [0.2, 0.25) is 0 Å². The van der Waals surface area contributed by atoms with Crippen molar-refractivity contribution >= 4 is 44.4 Å². The summed E-state index contributed by atoms with van der Waals surface area (Å²) in [6.07, 6.45) is 0. The van der Waals surface area contributed by atoms with E-state index in [4.69, 9.17) is 0 Å². The van der Waals surface area contributed by atoms with Gasteiger partial charge in [-0.2, -0.15) is 0 Å². The highest BCUT2D eigenvalue weighted by atomic mass is 127. The summed E-state index contributed by atoms with van der Waals surface area (Å²) >= 11 is 5.62. The molecule has 0 saturated carbocycles. The fourth-order valence-electron chi connectivity index (χ4n) is 1.51. The average molecular weight is 352 g/mol. The van der Waals surface area contributed by atoms with E-state index in [1.165, 1.54) is 0 Å². The molecule has 0 saturated heterocycles. The SMILES string of the molecule is CN1Cc2cc(Br)cc(I)c2C1=O. The summed E-state index contributed by atoms with van der Waals surface area (Å²) in [5, 5.41) is 0. The second-order valence-electron chi connectivity index (χ2n) is 3.08. The highest BCUT2D eigenvalue weighted by Crippen LogP contribution is 2.29. The largest absolute Gasteiger partial charge is 0.337 e. The number of nitrogens with zero attached hydrogens (tertiary/aromatic N) is 1. The smallest absolute Gasteiger partial charge is 0.255 e. The summed E-state index contributed by atoms with van der Waals surface area (Å²) in [7, 11) is 1.83. The van der Waals surface area contributed by atoms with Crippen LogP contribution >= 0.6 is 38.5 Å². The number of carbonyl (C=O) groups is 1. The van der Waals surface area contributed by atoms with Crippen molar-refractivity contribution in [2.75, 3.05) is 7.05 Å². The maximum Gasteiger partial charge on any atom is 0.255 e. The van der Waals surface area contributed by atoms with E-state index in [1.807, 2.05) is 19.2 Å². The van der Waals surface area contributed by atoms with E-state index in [9.17, 15) is 4.79 Å². The van der Waals surface area contributed by atoms with Crippen molar-refractivity contribution in [3.8, 4) is 0 Å². The number of carbonyl (C=O) groups excluding carboxylic acids is 1. The minimum atomic E-state index is 0.131. The lowest BCUT2D eigenvalue weighted by atomic mass is 10.1. The van der Waals surface area contributed by atoms with Gasteiger partial charge in [0.1, 0.15) is 0 Å². The molecule has 0 spiro atoms. The van der Waals surface area contributed by atoms with Crippen LogP contribution < -0.4 is 0 Å². The monoisotopic (exact) mass is 351 g/mol. The third-order valence-corrected chi connectivity index (χ3v) is 3.41. The molecular formula is C9H7BrINO. The van der Waals surface area contributed by atoms with Crippen LogP contribution in [0.2, 0.25) is 0 Å². The highest BCUT2D eigenvalue weighted by molar-refractivity contribution is 14.1. The van der Waals surface area contributed by atoms with Crippen molar-refractivity contribution < 1.29 is 4.79 Å². The Balaban J connectivity index is 2.64. The molecule has 4 heteroatoms. The van der Waals surface area contributed by atoms with Crippen LogP contribution in [0.25, 0.3) is 0 Å². The van der Waals surface area contributed by atoms with Gasteiger partial charge in [-0.05, 0) is 40.3 Å². The standard InChI is InChI=1S/C9H7BrINO/c1-12-4-5-2-6(10)3-7(11)8(5)9(12)13/h2-3H,4H2,1H3. The van der Waals surface area contributed by atoms with Gasteiger partial charge in [0.05, 0.1) is 5.56 Å². The number of benzene rings is 1. The molecule has 0 aliphatic carbocycles. The lowest BCUT2D eigenvalue weighted by molar-refractivity contribution is 0.0815. The molecule has 1 aliphatic rings. The summed E-state index contributed by atoms with van der Waals surface area (Å²) in [6, 6.07) is 3.98. The summed E-state index contributed by atoms with van der Waals surface area (Å²) in [6.45, 7) is 0.726.